The summed E-state index contributed by atoms with van der Waals surface area (Å²) in [5, 5.41) is 10.7. The first kappa shape index (κ1) is 30.9. The van der Waals surface area contributed by atoms with Crippen molar-refractivity contribution < 1.29 is 23.4 Å². The maximum atomic E-state index is 15.9. The van der Waals surface area contributed by atoms with Gasteiger partial charge in [-0.2, -0.15) is 4.98 Å². The summed E-state index contributed by atoms with van der Waals surface area (Å²) in [7, 11) is 0. The van der Waals surface area contributed by atoms with Crippen molar-refractivity contribution in [3.63, 3.8) is 0 Å². The molecule has 1 aliphatic rings. The van der Waals surface area contributed by atoms with Crippen LogP contribution in [0.1, 0.15) is 54.0 Å². The molecule has 11 heteroatoms. The molecule has 2 aromatic heterocycles. The molecule has 1 aliphatic heterocycles. The smallest absolute Gasteiger partial charge is 0.410 e. The van der Waals surface area contributed by atoms with Crippen LogP contribution >= 0.6 is 0 Å². The van der Waals surface area contributed by atoms with Gasteiger partial charge in [-0.3, -0.25) is 0 Å². The lowest BCUT2D eigenvalue weighted by molar-refractivity contribution is 0.0218. The Morgan fingerprint density at radius 3 is 2.32 bits per heavy atom. The molecule has 3 heterocycles. The molecule has 9 nitrogen and oxygen atoms in total. The summed E-state index contributed by atoms with van der Waals surface area (Å²) >= 11 is 0. The average Bonchev–Trinajstić information content (AvgIpc) is 2.92. The number of anilines is 1. The van der Waals surface area contributed by atoms with E-state index in [9.17, 15) is 19.1 Å². The molecule has 1 fully saturated rings. The van der Waals surface area contributed by atoms with Crippen LogP contribution in [0.2, 0.25) is 0 Å². The van der Waals surface area contributed by atoms with E-state index in [1.807, 2.05) is 44.7 Å². The third kappa shape index (κ3) is 5.82. The number of pyridine rings is 1. The number of aromatic hydroxyl groups is 1. The molecular formula is C33H37F2N5O4. The maximum Gasteiger partial charge on any atom is 0.410 e. The summed E-state index contributed by atoms with van der Waals surface area (Å²) in [6, 6.07) is 11.8. The molecule has 5 rings (SSSR count). The van der Waals surface area contributed by atoms with Crippen LogP contribution < -0.4 is 10.6 Å². The zero-order valence-corrected chi connectivity index (χ0v) is 26.0. The molecule has 0 radical (unpaired) electrons. The van der Waals surface area contributed by atoms with Crippen molar-refractivity contribution in [1.29, 1.82) is 0 Å². The number of phenolic OH excluding ortho intramolecular Hbond substituents is 1. The topological polar surface area (TPSA) is 101 Å². The van der Waals surface area contributed by atoms with Crippen molar-refractivity contribution in [1.82, 2.24) is 19.4 Å². The number of aromatic nitrogens is 3. The van der Waals surface area contributed by atoms with Crippen molar-refractivity contribution in [3.8, 4) is 22.7 Å². The Bertz CT molecular complexity index is 1790. The number of phenols is 1. The lowest BCUT2D eigenvalue weighted by atomic mass is 9.85. The van der Waals surface area contributed by atoms with Gasteiger partial charge in [0, 0.05) is 25.7 Å². The molecule has 0 spiro atoms. The van der Waals surface area contributed by atoms with Crippen LogP contribution in [-0.2, 0) is 10.2 Å². The van der Waals surface area contributed by atoms with Crippen LogP contribution in [0.4, 0.5) is 19.4 Å². The zero-order valence-electron chi connectivity index (χ0n) is 26.0. The van der Waals surface area contributed by atoms with E-state index < -0.39 is 46.0 Å². The molecule has 44 heavy (non-hydrogen) atoms. The number of carbonyl (C=O) groups excluding carboxylic acids is 1. The predicted octanol–water partition coefficient (Wildman–Crippen LogP) is 6.17. The minimum absolute atomic E-state index is 0.0533. The van der Waals surface area contributed by atoms with E-state index >= 15 is 4.39 Å². The second-order valence-corrected chi connectivity index (χ2v) is 13.1. The molecule has 2 aromatic carbocycles. The monoisotopic (exact) mass is 605 g/mol. The molecule has 232 valence electrons. The molecule has 1 atom stereocenters. The summed E-state index contributed by atoms with van der Waals surface area (Å²) in [4.78, 5) is 39.1. The number of amides is 1. The fraction of sp³-hybridized carbons (Fsp3) is 0.394. The number of halogens is 2. The molecular weight excluding hydrogens is 568 g/mol. The summed E-state index contributed by atoms with van der Waals surface area (Å²) in [5.74, 6) is -2.04. The quantitative estimate of drug-likeness (QED) is 0.298. The highest BCUT2D eigenvalue weighted by atomic mass is 19.1. The normalized spacial score (nSPS) is 16.0. The van der Waals surface area contributed by atoms with Crippen molar-refractivity contribution in [2.45, 2.75) is 65.5 Å². The second-order valence-electron chi connectivity index (χ2n) is 13.1. The Morgan fingerprint density at radius 1 is 0.977 bits per heavy atom. The van der Waals surface area contributed by atoms with E-state index in [2.05, 4.69) is 9.97 Å². The van der Waals surface area contributed by atoms with Crippen LogP contribution in [0.15, 0.2) is 53.3 Å². The largest absolute Gasteiger partial charge is 0.507 e. The lowest BCUT2D eigenvalue weighted by Gasteiger charge is -2.41. The van der Waals surface area contributed by atoms with Crippen molar-refractivity contribution in [2.75, 3.05) is 24.5 Å². The van der Waals surface area contributed by atoms with Crippen LogP contribution in [0.5, 0.6) is 5.75 Å². The van der Waals surface area contributed by atoms with Gasteiger partial charge in [0.1, 0.15) is 28.7 Å². The standard InChI is InChI=1S/C33H37F2N5O4/c1-19-18-38(31(43)44-33(5,6)7)15-16-39(19)28-20-17-23(35)27(26-22(34)12-10-14-25(26)41)36-29(20)40(30(42)37-28)24-13-9-8-11-21(24)32(2,3)4/h8-14,17,19,41H,15-16,18H2,1-7H3/t19-/m0/s1. The fourth-order valence-corrected chi connectivity index (χ4v) is 5.53. The lowest BCUT2D eigenvalue weighted by Crippen LogP contribution is -2.55. The van der Waals surface area contributed by atoms with Gasteiger partial charge >= 0.3 is 11.8 Å². The highest BCUT2D eigenvalue weighted by molar-refractivity contribution is 5.91. The molecule has 1 N–H and O–H groups in total. The molecule has 0 aliphatic carbocycles. The van der Waals surface area contributed by atoms with Crippen LogP contribution in [0, 0.1) is 11.6 Å². The third-order valence-corrected chi connectivity index (χ3v) is 7.53. The number of ether oxygens (including phenoxy) is 1. The number of hydrogen-bond donors (Lipinski definition) is 1. The van der Waals surface area contributed by atoms with Gasteiger partial charge in [0.2, 0.25) is 0 Å². The van der Waals surface area contributed by atoms with E-state index in [0.717, 1.165) is 11.6 Å². The molecule has 0 unspecified atom stereocenters. The molecule has 0 saturated carbocycles. The van der Waals surface area contributed by atoms with Gasteiger partial charge in [-0.05, 0) is 62.9 Å². The summed E-state index contributed by atoms with van der Waals surface area (Å²) < 4.78 is 37.7. The summed E-state index contributed by atoms with van der Waals surface area (Å²) in [6.45, 7) is 14.1. The van der Waals surface area contributed by atoms with Gasteiger partial charge < -0.3 is 19.6 Å². The van der Waals surface area contributed by atoms with Gasteiger partial charge in [-0.1, -0.05) is 45.0 Å². The Hall–Kier alpha value is -4.54. The summed E-state index contributed by atoms with van der Waals surface area (Å²) in [6.07, 6.45) is -0.446. The number of benzene rings is 2. The van der Waals surface area contributed by atoms with Gasteiger partial charge in [-0.15, -0.1) is 0 Å². The Balaban J connectivity index is 1.73. The van der Waals surface area contributed by atoms with Gasteiger partial charge in [-0.25, -0.2) is 27.9 Å². The van der Waals surface area contributed by atoms with E-state index in [-0.39, 0.29) is 41.4 Å². The van der Waals surface area contributed by atoms with Crippen LogP contribution in [-0.4, -0.2) is 61.9 Å². The Kier molecular flexibility index (Phi) is 7.86. The number of fused-ring (bicyclic) bond motifs is 1. The highest BCUT2D eigenvalue weighted by Gasteiger charge is 2.33. The zero-order chi connectivity index (χ0) is 32.1. The molecule has 0 bridgehead atoms. The number of carbonyl (C=O) groups is 1. The number of piperazine rings is 1. The van der Waals surface area contributed by atoms with Crippen molar-refractivity contribution >= 4 is 22.9 Å². The highest BCUT2D eigenvalue weighted by Crippen LogP contribution is 2.37. The number of nitrogens with zero attached hydrogens (tertiary/aromatic N) is 5. The summed E-state index contributed by atoms with van der Waals surface area (Å²) in [5.41, 5.74) is -1.18. The van der Waals surface area contributed by atoms with Crippen LogP contribution in [0.3, 0.4) is 0 Å². The Morgan fingerprint density at radius 2 is 1.68 bits per heavy atom. The molecule has 1 saturated heterocycles. The minimum Gasteiger partial charge on any atom is -0.507 e. The van der Waals surface area contributed by atoms with E-state index in [0.29, 0.717) is 12.2 Å². The van der Waals surface area contributed by atoms with Gasteiger partial charge in [0.05, 0.1) is 16.6 Å². The van der Waals surface area contributed by atoms with Crippen LogP contribution in [0.25, 0.3) is 28.0 Å². The first-order valence-corrected chi connectivity index (χ1v) is 14.5. The first-order valence-electron chi connectivity index (χ1n) is 14.5. The third-order valence-electron chi connectivity index (χ3n) is 7.53. The SMILES string of the molecule is C[C@H]1CN(C(=O)OC(C)(C)C)CCN1c1nc(=O)n(-c2ccccc2C(C)(C)C)c2nc(-c3c(O)cccc3F)c(F)cc12. The van der Waals surface area contributed by atoms with E-state index in [1.54, 1.807) is 37.8 Å². The van der Waals surface area contributed by atoms with Crippen molar-refractivity contribution in [2.24, 2.45) is 0 Å². The van der Waals surface area contributed by atoms with E-state index in [1.165, 1.54) is 22.8 Å². The number of rotatable bonds is 3. The average molecular weight is 606 g/mol. The van der Waals surface area contributed by atoms with Gasteiger partial charge in [0.15, 0.2) is 11.5 Å². The first-order chi connectivity index (χ1) is 20.6. The maximum absolute atomic E-state index is 15.9. The molecule has 4 aromatic rings. The van der Waals surface area contributed by atoms with E-state index in [4.69, 9.17) is 4.74 Å². The van der Waals surface area contributed by atoms with Gasteiger partial charge in [0.25, 0.3) is 0 Å². The second kappa shape index (κ2) is 11.2. The number of para-hydroxylation sites is 1. The van der Waals surface area contributed by atoms with Crippen molar-refractivity contribution in [3.05, 3.63) is 76.2 Å². The molecule has 1 amide bonds. The minimum atomic E-state index is -0.893. The predicted molar refractivity (Wildman–Crippen MR) is 165 cm³/mol. The number of hydrogen-bond acceptors (Lipinski definition) is 7. The Labute approximate surface area is 254 Å². The fourth-order valence-electron chi connectivity index (χ4n) is 5.53.